The molecule has 7 heteroatoms. The second-order valence-electron chi connectivity index (χ2n) is 5.40. The fraction of sp³-hybridized carbons (Fsp3) is 0.167. The molecular weight excluding hydrogens is 322 g/mol. The van der Waals surface area contributed by atoms with Gasteiger partial charge in [0.15, 0.2) is 0 Å². The molecule has 2 heterocycles. The average molecular weight is 339 g/mol. The second kappa shape index (κ2) is 7.59. The fourth-order valence-corrected chi connectivity index (χ4v) is 2.40. The van der Waals surface area contributed by atoms with E-state index < -0.39 is 11.9 Å². The number of nitrogens with one attached hydrogen (secondary N) is 1. The molecule has 2 N–H and O–H groups in total. The van der Waals surface area contributed by atoms with E-state index in [2.05, 4.69) is 10.4 Å². The van der Waals surface area contributed by atoms with E-state index in [0.29, 0.717) is 11.5 Å². The summed E-state index contributed by atoms with van der Waals surface area (Å²) < 4.78 is 6.27. The molecule has 0 radical (unpaired) electrons. The fourth-order valence-electron chi connectivity index (χ4n) is 2.40. The Morgan fingerprint density at radius 3 is 2.64 bits per heavy atom. The Morgan fingerprint density at radius 2 is 1.96 bits per heavy atom. The molecule has 0 fully saturated rings. The van der Waals surface area contributed by atoms with Crippen molar-refractivity contribution in [2.75, 3.05) is 6.61 Å². The molecule has 7 nitrogen and oxygen atoms in total. The Balaban J connectivity index is 1.76. The summed E-state index contributed by atoms with van der Waals surface area (Å²) in [6.45, 7) is -0.567. The number of amides is 1. The van der Waals surface area contributed by atoms with Gasteiger partial charge in [-0.1, -0.05) is 30.3 Å². The number of aromatic nitrogens is 2. The Labute approximate surface area is 143 Å². The van der Waals surface area contributed by atoms with Crippen molar-refractivity contribution < 1.29 is 14.3 Å². The molecule has 3 aromatic rings. The van der Waals surface area contributed by atoms with Crippen molar-refractivity contribution >= 4 is 5.91 Å². The van der Waals surface area contributed by atoms with Crippen LogP contribution in [0.2, 0.25) is 0 Å². The van der Waals surface area contributed by atoms with Crippen molar-refractivity contribution in [3.63, 3.8) is 0 Å². The lowest BCUT2D eigenvalue weighted by atomic mass is 10.1. The molecule has 128 valence electrons. The van der Waals surface area contributed by atoms with E-state index in [0.717, 1.165) is 10.2 Å². The van der Waals surface area contributed by atoms with Crippen LogP contribution in [0.4, 0.5) is 0 Å². The van der Waals surface area contributed by atoms with Gasteiger partial charge in [-0.05, 0) is 18.2 Å². The molecule has 0 saturated carbocycles. The first-order valence-electron chi connectivity index (χ1n) is 7.74. The molecule has 1 aromatic carbocycles. The molecular formula is C18H17N3O4. The Hall–Kier alpha value is -3.19. The van der Waals surface area contributed by atoms with E-state index >= 15 is 0 Å². The quantitative estimate of drug-likeness (QED) is 0.706. The summed E-state index contributed by atoms with van der Waals surface area (Å²) in [6, 6.07) is 15.0. The van der Waals surface area contributed by atoms with Crippen LogP contribution >= 0.6 is 0 Å². The summed E-state index contributed by atoms with van der Waals surface area (Å²) >= 11 is 0. The van der Waals surface area contributed by atoms with E-state index in [4.69, 9.17) is 4.42 Å². The summed E-state index contributed by atoms with van der Waals surface area (Å²) in [5.74, 6) is -0.00976. The predicted octanol–water partition coefficient (Wildman–Crippen LogP) is 1.35. The Morgan fingerprint density at radius 1 is 1.16 bits per heavy atom. The molecule has 1 amide bonds. The van der Waals surface area contributed by atoms with Crippen molar-refractivity contribution in [1.82, 2.24) is 15.1 Å². The van der Waals surface area contributed by atoms with Crippen molar-refractivity contribution in [2.45, 2.75) is 12.6 Å². The van der Waals surface area contributed by atoms with Gasteiger partial charge >= 0.3 is 0 Å². The number of carbonyl (C=O) groups is 1. The van der Waals surface area contributed by atoms with E-state index in [-0.39, 0.29) is 18.7 Å². The van der Waals surface area contributed by atoms with Gasteiger partial charge in [0.05, 0.1) is 18.6 Å². The van der Waals surface area contributed by atoms with Crippen LogP contribution in [0.3, 0.4) is 0 Å². The molecule has 0 aliphatic carbocycles. The number of furan rings is 1. The topological polar surface area (TPSA) is 97.4 Å². The molecule has 1 unspecified atom stereocenters. The highest BCUT2D eigenvalue weighted by Gasteiger charge is 2.17. The summed E-state index contributed by atoms with van der Waals surface area (Å²) in [4.78, 5) is 24.2. The lowest BCUT2D eigenvalue weighted by Gasteiger charge is -2.14. The number of hydrogen-bond acceptors (Lipinski definition) is 5. The monoisotopic (exact) mass is 339 g/mol. The number of aliphatic hydroxyl groups excluding tert-OH is 1. The minimum absolute atomic E-state index is 0.253. The highest BCUT2D eigenvalue weighted by molar-refractivity contribution is 5.76. The molecule has 0 bridgehead atoms. The van der Waals surface area contributed by atoms with Crippen molar-refractivity contribution in [3.05, 3.63) is 77.0 Å². The number of aliphatic hydroxyl groups is 1. The standard InChI is InChI=1S/C18H17N3O4/c22-12-15(16-7-4-10-25-16)19-17(23)11-21-18(24)9-8-14(20-21)13-5-2-1-3-6-13/h1-10,15,22H,11-12H2,(H,19,23). The minimum Gasteiger partial charge on any atom is -0.467 e. The van der Waals surface area contributed by atoms with Gasteiger partial charge in [0, 0.05) is 11.6 Å². The first-order chi connectivity index (χ1) is 12.2. The molecule has 3 rings (SSSR count). The number of carbonyl (C=O) groups excluding carboxylic acids is 1. The normalized spacial score (nSPS) is 11.9. The Bertz CT molecular complexity index is 888. The summed E-state index contributed by atoms with van der Waals surface area (Å²) in [5.41, 5.74) is 1.06. The van der Waals surface area contributed by atoms with Crippen LogP contribution in [0.5, 0.6) is 0 Å². The van der Waals surface area contributed by atoms with Crippen LogP contribution in [0.1, 0.15) is 11.8 Å². The summed E-state index contributed by atoms with van der Waals surface area (Å²) in [6.07, 6.45) is 1.46. The van der Waals surface area contributed by atoms with Gasteiger partial charge in [0.25, 0.3) is 5.56 Å². The van der Waals surface area contributed by atoms with Crippen LogP contribution in [0.15, 0.2) is 70.1 Å². The number of benzene rings is 1. The minimum atomic E-state index is -0.671. The van der Waals surface area contributed by atoms with Gasteiger partial charge in [-0.15, -0.1) is 0 Å². The van der Waals surface area contributed by atoms with Crippen LogP contribution in [-0.2, 0) is 11.3 Å². The van der Waals surface area contributed by atoms with Crippen LogP contribution in [-0.4, -0.2) is 27.4 Å². The van der Waals surface area contributed by atoms with E-state index in [1.54, 1.807) is 18.2 Å². The van der Waals surface area contributed by atoms with Crippen LogP contribution < -0.4 is 10.9 Å². The number of rotatable bonds is 6. The third-order valence-electron chi connectivity index (χ3n) is 3.63. The van der Waals surface area contributed by atoms with Gasteiger partial charge in [0.2, 0.25) is 5.91 Å². The molecule has 1 atom stereocenters. The van der Waals surface area contributed by atoms with Gasteiger partial charge in [-0.25, -0.2) is 4.68 Å². The number of hydrogen-bond donors (Lipinski definition) is 2. The van der Waals surface area contributed by atoms with Crippen LogP contribution in [0.25, 0.3) is 11.3 Å². The molecule has 0 aliphatic heterocycles. The van der Waals surface area contributed by atoms with Gasteiger partial charge in [-0.3, -0.25) is 9.59 Å². The lowest BCUT2D eigenvalue weighted by molar-refractivity contribution is -0.123. The maximum absolute atomic E-state index is 12.2. The van der Waals surface area contributed by atoms with Crippen molar-refractivity contribution in [1.29, 1.82) is 0 Å². The van der Waals surface area contributed by atoms with E-state index in [1.807, 2.05) is 30.3 Å². The zero-order valence-electron chi connectivity index (χ0n) is 13.3. The maximum atomic E-state index is 12.2. The first kappa shape index (κ1) is 16.7. The van der Waals surface area contributed by atoms with E-state index in [1.165, 1.54) is 12.3 Å². The molecule has 0 aliphatic rings. The molecule has 0 spiro atoms. The average Bonchev–Trinajstić information content (AvgIpc) is 3.17. The first-order valence-corrected chi connectivity index (χ1v) is 7.74. The molecule has 2 aromatic heterocycles. The van der Waals surface area contributed by atoms with Gasteiger partial charge in [0.1, 0.15) is 18.3 Å². The second-order valence-corrected chi connectivity index (χ2v) is 5.40. The SMILES string of the molecule is O=C(Cn1nc(-c2ccccc2)ccc1=O)NC(CO)c1ccco1. The highest BCUT2D eigenvalue weighted by atomic mass is 16.3. The molecule has 0 saturated heterocycles. The summed E-state index contributed by atoms with van der Waals surface area (Å²) in [5, 5.41) is 16.3. The predicted molar refractivity (Wildman–Crippen MR) is 90.6 cm³/mol. The van der Waals surface area contributed by atoms with E-state index in [9.17, 15) is 14.7 Å². The van der Waals surface area contributed by atoms with Crippen molar-refractivity contribution in [3.8, 4) is 11.3 Å². The third-order valence-corrected chi connectivity index (χ3v) is 3.63. The zero-order chi connectivity index (χ0) is 17.6. The zero-order valence-corrected chi connectivity index (χ0v) is 13.3. The van der Waals surface area contributed by atoms with Gasteiger partial charge in [-0.2, -0.15) is 5.10 Å². The smallest absolute Gasteiger partial charge is 0.267 e. The molecule has 25 heavy (non-hydrogen) atoms. The largest absolute Gasteiger partial charge is 0.467 e. The van der Waals surface area contributed by atoms with Gasteiger partial charge < -0.3 is 14.8 Å². The number of nitrogens with zero attached hydrogens (tertiary/aromatic N) is 2. The summed E-state index contributed by atoms with van der Waals surface area (Å²) in [7, 11) is 0. The highest BCUT2D eigenvalue weighted by Crippen LogP contribution is 2.14. The lowest BCUT2D eigenvalue weighted by Crippen LogP contribution is -2.36. The van der Waals surface area contributed by atoms with Crippen LogP contribution in [0, 0.1) is 0 Å². The third kappa shape index (κ3) is 4.02. The van der Waals surface area contributed by atoms with Crippen molar-refractivity contribution in [2.24, 2.45) is 0 Å². The Kier molecular flexibility index (Phi) is 5.06. The maximum Gasteiger partial charge on any atom is 0.267 e.